The lowest BCUT2D eigenvalue weighted by molar-refractivity contribution is -0.0160. The quantitative estimate of drug-likeness (QED) is 0.667. The molecule has 1 aliphatic heterocycles. The van der Waals surface area contributed by atoms with Gasteiger partial charge in [0, 0.05) is 30.9 Å². The molecule has 3 aromatic rings. The Bertz CT molecular complexity index is 1150. The van der Waals surface area contributed by atoms with Crippen LogP contribution < -0.4 is 20.9 Å². The van der Waals surface area contributed by atoms with Crippen molar-refractivity contribution in [1.82, 2.24) is 24.8 Å². The molecule has 0 bridgehead atoms. The minimum Gasteiger partial charge on any atom is -0.465 e. The van der Waals surface area contributed by atoms with E-state index in [9.17, 15) is 14.0 Å². The second-order valence-corrected chi connectivity index (χ2v) is 6.41. The number of rotatable bonds is 4. The predicted octanol–water partition coefficient (Wildman–Crippen LogP) is 1.56. The summed E-state index contributed by atoms with van der Waals surface area (Å²) >= 11 is 0. The summed E-state index contributed by atoms with van der Waals surface area (Å²) < 4.78 is 25.6. The van der Waals surface area contributed by atoms with E-state index in [1.54, 1.807) is 19.3 Å². The van der Waals surface area contributed by atoms with Crippen LogP contribution in [0.2, 0.25) is 0 Å². The number of nitrogens with zero attached hydrogens (tertiary/aromatic N) is 4. The number of carbonyl (C=O) groups is 1. The summed E-state index contributed by atoms with van der Waals surface area (Å²) in [6.45, 7) is 0.153. The van der Waals surface area contributed by atoms with Crippen molar-refractivity contribution in [3.05, 3.63) is 64.3 Å². The molecule has 2 aromatic heterocycles. The molecule has 1 aliphatic rings. The Morgan fingerprint density at radius 1 is 1.30 bits per heavy atom. The third kappa shape index (κ3) is 4.10. The first kappa shape index (κ1) is 19.5. The topological polar surface area (TPSA) is 120 Å². The van der Waals surface area contributed by atoms with Gasteiger partial charge in [-0.15, -0.1) is 0 Å². The number of urea groups is 1. The van der Waals surface area contributed by atoms with Gasteiger partial charge < -0.3 is 20.1 Å². The SMILES string of the molecule is Cn1c(CNC(=O)Nc2cc(F)cc3c2OCOC3)nc(-c2ccncn2)cc1=O. The van der Waals surface area contributed by atoms with Crippen molar-refractivity contribution in [2.45, 2.75) is 13.2 Å². The zero-order valence-electron chi connectivity index (χ0n) is 15.9. The fourth-order valence-corrected chi connectivity index (χ4v) is 2.92. The van der Waals surface area contributed by atoms with Gasteiger partial charge in [0.25, 0.3) is 5.56 Å². The fraction of sp³-hybridized carbons (Fsp3) is 0.211. The lowest BCUT2D eigenvalue weighted by Gasteiger charge is -2.21. The van der Waals surface area contributed by atoms with E-state index in [-0.39, 0.29) is 31.2 Å². The summed E-state index contributed by atoms with van der Waals surface area (Å²) in [6.07, 6.45) is 2.90. The first-order chi connectivity index (χ1) is 14.5. The van der Waals surface area contributed by atoms with E-state index in [1.165, 1.54) is 23.0 Å². The molecule has 0 aliphatic carbocycles. The van der Waals surface area contributed by atoms with Crippen molar-refractivity contribution in [2.24, 2.45) is 7.05 Å². The number of benzene rings is 1. The molecule has 0 radical (unpaired) electrons. The molecule has 4 rings (SSSR count). The van der Waals surface area contributed by atoms with Gasteiger partial charge in [-0.25, -0.2) is 24.1 Å². The van der Waals surface area contributed by atoms with Crippen LogP contribution in [-0.4, -0.2) is 32.3 Å². The molecular weight excluding hydrogens is 395 g/mol. The summed E-state index contributed by atoms with van der Waals surface area (Å²) in [5.74, 6) is 0.144. The van der Waals surface area contributed by atoms with Crippen molar-refractivity contribution in [3.8, 4) is 17.1 Å². The van der Waals surface area contributed by atoms with Crippen LogP contribution in [0.25, 0.3) is 11.4 Å². The predicted molar refractivity (Wildman–Crippen MR) is 103 cm³/mol. The largest absolute Gasteiger partial charge is 0.465 e. The Balaban J connectivity index is 1.50. The molecule has 10 nitrogen and oxygen atoms in total. The van der Waals surface area contributed by atoms with Gasteiger partial charge in [0.2, 0.25) is 0 Å². The maximum absolute atomic E-state index is 13.8. The monoisotopic (exact) mass is 412 g/mol. The summed E-state index contributed by atoms with van der Waals surface area (Å²) in [4.78, 5) is 36.9. The third-order valence-electron chi connectivity index (χ3n) is 4.40. The zero-order valence-corrected chi connectivity index (χ0v) is 15.9. The van der Waals surface area contributed by atoms with Crippen LogP contribution in [0.15, 0.2) is 41.6 Å². The van der Waals surface area contributed by atoms with Crippen molar-refractivity contribution in [1.29, 1.82) is 0 Å². The highest BCUT2D eigenvalue weighted by Gasteiger charge is 2.19. The van der Waals surface area contributed by atoms with Crippen LogP contribution in [0.1, 0.15) is 11.4 Å². The highest BCUT2D eigenvalue weighted by Crippen LogP contribution is 2.33. The minimum absolute atomic E-state index is 0.0107. The second kappa shape index (κ2) is 8.25. The number of hydrogen-bond donors (Lipinski definition) is 2. The van der Waals surface area contributed by atoms with Gasteiger partial charge in [-0.05, 0) is 12.1 Å². The van der Waals surface area contributed by atoms with E-state index in [0.717, 1.165) is 6.07 Å². The van der Waals surface area contributed by atoms with Gasteiger partial charge in [-0.1, -0.05) is 0 Å². The molecule has 3 heterocycles. The number of aromatic nitrogens is 4. The second-order valence-electron chi connectivity index (χ2n) is 6.41. The Hall–Kier alpha value is -3.86. The highest BCUT2D eigenvalue weighted by atomic mass is 19.1. The average molecular weight is 412 g/mol. The summed E-state index contributed by atoms with van der Waals surface area (Å²) in [6, 6.07) is 4.82. The van der Waals surface area contributed by atoms with Gasteiger partial charge in [0.05, 0.1) is 30.2 Å². The Morgan fingerprint density at radius 2 is 2.17 bits per heavy atom. The number of nitrogens with one attached hydrogen (secondary N) is 2. The standard InChI is InChI=1S/C19H17FN6O4/c1-26-16(24-14(6-17(26)27)13-2-3-21-9-23-13)7-22-19(28)25-15-5-12(20)4-11-8-29-10-30-18(11)15/h2-6,9H,7-8,10H2,1H3,(H2,22,25,28). The zero-order chi connectivity index (χ0) is 21.1. The molecule has 0 saturated carbocycles. The molecule has 30 heavy (non-hydrogen) atoms. The normalized spacial score (nSPS) is 12.6. The number of ether oxygens (including phenoxy) is 2. The van der Waals surface area contributed by atoms with Crippen molar-refractivity contribution in [3.63, 3.8) is 0 Å². The van der Waals surface area contributed by atoms with Crippen LogP contribution in [0.4, 0.5) is 14.9 Å². The highest BCUT2D eigenvalue weighted by molar-refractivity contribution is 5.91. The van der Waals surface area contributed by atoms with Crippen LogP contribution in [0.5, 0.6) is 5.75 Å². The summed E-state index contributed by atoms with van der Waals surface area (Å²) in [5.41, 5.74) is 1.23. The third-order valence-corrected chi connectivity index (χ3v) is 4.40. The van der Waals surface area contributed by atoms with E-state index < -0.39 is 11.8 Å². The molecule has 2 N–H and O–H groups in total. The average Bonchev–Trinajstić information content (AvgIpc) is 2.75. The molecule has 0 spiro atoms. The molecule has 0 unspecified atom stereocenters. The van der Waals surface area contributed by atoms with Crippen LogP contribution >= 0.6 is 0 Å². The molecule has 1 aromatic carbocycles. The van der Waals surface area contributed by atoms with Gasteiger partial charge in [-0.2, -0.15) is 0 Å². The number of halogens is 1. The number of fused-ring (bicyclic) bond motifs is 1. The van der Waals surface area contributed by atoms with Crippen LogP contribution in [0, 0.1) is 5.82 Å². The lowest BCUT2D eigenvalue weighted by atomic mass is 10.1. The van der Waals surface area contributed by atoms with Crippen molar-refractivity contribution in [2.75, 3.05) is 12.1 Å². The van der Waals surface area contributed by atoms with E-state index in [0.29, 0.717) is 28.5 Å². The van der Waals surface area contributed by atoms with Gasteiger partial charge >= 0.3 is 6.03 Å². The minimum atomic E-state index is -0.612. The molecule has 0 fully saturated rings. The molecule has 2 amide bonds. The van der Waals surface area contributed by atoms with E-state index in [2.05, 4.69) is 25.6 Å². The Kier molecular flexibility index (Phi) is 5.35. The molecule has 0 saturated heterocycles. The molecular formula is C19H17FN6O4. The summed E-state index contributed by atoms with van der Waals surface area (Å²) in [7, 11) is 1.55. The number of hydrogen-bond acceptors (Lipinski definition) is 7. The van der Waals surface area contributed by atoms with E-state index in [1.807, 2.05) is 0 Å². The first-order valence-electron chi connectivity index (χ1n) is 8.92. The lowest BCUT2D eigenvalue weighted by Crippen LogP contribution is -2.32. The maximum Gasteiger partial charge on any atom is 0.319 e. The number of anilines is 1. The van der Waals surface area contributed by atoms with Crippen LogP contribution in [-0.2, 0) is 24.9 Å². The molecule has 154 valence electrons. The Morgan fingerprint density at radius 3 is 2.97 bits per heavy atom. The number of amides is 2. The van der Waals surface area contributed by atoms with Crippen molar-refractivity contribution < 1.29 is 18.7 Å². The smallest absolute Gasteiger partial charge is 0.319 e. The Labute approximate surface area is 169 Å². The van der Waals surface area contributed by atoms with Crippen molar-refractivity contribution >= 4 is 11.7 Å². The molecule has 11 heteroatoms. The van der Waals surface area contributed by atoms with Gasteiger partial charge in [0.1, 0.15) is 18.0 Å². The first-order valence-corrected chi connectivity index (χ1v) is 8.92. The fourth-order valence-electron chi connectivity index (χ4n) is 2.92. The molecule has 0 atom stereocenters. The van der Waals surface area contributed by atoms with Crippen LogP contribution in [0.3, 0.4) is 0 Å². The maximum atomic E-state index is 13.8. The van der Waals surface area contributed by atoms with E-state index in [4.69, 9.17) is 9.47 Å². The number of carbonyl (C=O) groups excluding carboxylic acids is 1. The van der Waals surface area contributed by atoms with Gasteiger partial charge in [0.15, 0.2) is 12.5 Å². The van der Waals surface area contributed by atoms with E-state index >= 15 is 0 Å². The summed E-state index contributed by atoms with van der Waals surface area (Å²) in [5, 5.41) is 5.16. The van der Waals surface area contributed by atoms with Gasteiger partial charge in [-0.3, -0.25) is 9.36 Å².